The molecule has 1 saturated carbocycles. The Hall–Kier alpha value is -1.84. The third-order valence-electron chi connectivity index (χ3n) is 5.27. The van der Waals surface area contributed by atoms with E-state index in [0.717, 1.165) is 24.3 Å². The van der Waals surface area contributed by atoms with E-state index < -0.39 is 0 Å². The zero-order valence-corrected chi connectivity index (χ0v) is 14.6. The summed E-state index contributed by atoms with van der Waals surface area (Å²) < 4.78 is 0. The van der Waals surface area contributed by atoms with Crippen LogP contribution in [-0.2, 0) is 16.1 Å². The minimum absolute atomic E-state index is 0.116. The fourth-order valence-electron chi connectivity index (χ4n) is 3.49. The molecule has 1 aliphatic heterocycles. The van der Waals surface area contributed by atoms with Crippen LogP contribution in [0.1, 0.15) is 51.0 Å². The van der Waals surface area contributed by atoms with Gasteiger partial charge in [-0.25, -0.2) is 0 Å². The van der Waals surface area contributed by atoms with E-state index in [4.69, 9.17) is 0 Å². The quantitative estimate of drug-likeness (QED) is 0.804. The molecular formula is C20H28N2O2. The van der Waals surface area contributed by atoms with Crippen LogP contribution < -0.4 is 0 Å². The van der Waals surface area contributed by atoms with Crippen molar-refractivity contribution < 1.29 is 9.59 Å². The molecule has 0 bridgehead atoms. The Morgan fingerprint density at radius 1 is 1.21 bits per heavy atom. The normalized spacial score (nSPS) is 21.7. The minimum atomic E-state index is 0.116. The van der Waals surface area contributed by atoms with Gasteiger partial charge in [0.15, 0.2) is 0 Å². The molecule has 3 rings (SSSR count). The molecule has 1 aromatic rings. The number of hydrogen-bond acceptors (Lipinski definition) is 2. The molecule has 0 unspecified atom stereocenters. The fourth-order valence-corrected chi connectivity index (χ4v) is 3.49. The van der Waals surface area contributed by atoms with Crippen LogP contribution in [0.4, 0.5) is 0 Å². The third kappa shape index (κ3) is 4.37. The lowest BCUT2D eigenvalue weighted by Crippen LogP contribution is -2.43. The Kier molecular flexibility index (Phi) is 5.54. The monoisotopic (exact) mass is 328 g/mol. The molecular weight excluding hydrogens is 300 g/mol. The summed E-state index contributed by atoms with van der Waals surface area (Å²) in [6.45, 7) is 4.00. The van der Waals surface area contributed by atoms with E-state index in [1.807, 2.05) is 28.0 Å². The van der Waals surface area contributed by atoms with Crippen LogP contribution in [0.5, 0.6) is 0 Å². The molecule has 1 aromatic carbocycles. The highest BCUT2D eigenvalue weighted by Gasteiger charge is 2.31. The molecule has 2 amide bonds. The van der Waals surface area contributed by atoms with Crippen LogP contribution in [-0.4, -0.2) is 40.7 Å². The number of nitrogens with zero attached hydrogens (tertiary/aromatic N) is 2. The number of carbonyl (C=O) groups excluding carboxylic acids is 2. The van der Waals surface area contributed by atoms with Crippen molar-refractivity contribution in [3.05, 3.63) is 35.9 Å². The van der Waals surface area contributed by atoms with E-state index in [-0.39, 0.29) is 17.9 Å². The van der Waals surface area contributed by atoms with Crippen molar-refractivity contribution in [3.8, 4) is 0 Å². The van der Waals surface area contributed by atoms with Crippen LogP contribution in [0.3, 0.4) is 0 Å². The van der Waals surface area contributed by atoms with Gasteiger partial charge < -0.3 is 9.80 Å². The number of hydrogen-bond donors (Lipinski definition) is 0. The van der Waals surface area contributed by atoms with Crippen molar-refractivity contribution in [1.82, 2.24) is 9.80 Å². The maximum Gasteiger partial charge on any atom is 0.224 e. The summed E-state index contributed by atoms with van der Waals surface area (Å²) in [6.07, 6.45) is 5.56. The highest BCUT2D eigenvalue weighted by Crippen LogP contribution is 2.33. The Morgan fingerprint density at radius 3 is 2.62 bits per heavy atom. The van der Waals surface area contributed by atoms with Crippen LogP contribution in [0.25, 0.3) is 0 Å². The number of amides is 2. The molecule has 0 spiro atoms. The fraction of sp³-hybridized carbons (Fsp3) is 0.600. The maximum atomic E-state index is 12.6. The van der Waals surface area contributed by atoms with Crippen LogP contribution in [0.15, 0.2) is 30.3 Å². The van der Waals surface area contributed by atoms with Crippen molar-refractivity contribution in [2.75, 3.05) is 13.1 Å². The predicted molar refractivity (Wildman–Crippen MR) is 94.2 cm³/mol. The highest BCUT2D eigenvalue weighted by atomic mass is 16.2. The first-order valence-corrected chi connectivity index (χ1v) is 9.28. The van der Waals surface area contributed by atoms with Gasteiger partial charge in [0.2, 0.25) is 11.8 Å². The number of benzene rings is 1. The van der Waals surface area contributed by atoms with Crippen LogP contribution in [0, 0.1) is 5.92 Å². The number of rotatable bonds is 6. The van der Waals surface area contributed by atoms with Crippen molar-refractivity contribution in [1.29, 1.82) is 0 Å². The van der Waals surface area contributed by atoms with Crippen molar-refractivity contribution in [3.63, 3.8) is 0 Å². The van der Waals surface area contributed by atoms with Gasteiger partial charge in [-0.05, 0) is 24.3 Å². The summed E-state index contributed by atoms with van der Waals surface area (Å²) in [5, 5.41) is 0. The second kappa shape index (κ2) is 7.82. The minimum Gasteiger partial charge on any atom is -0.340 e. The Morgan fingerprint density at radius 2 is 1.96 bits per heavy atom. The highest BCUT2D eigenvalue weighted by molar-refractivity contribution is 5.80. The first-order valence-electron chi connectivity index (χ1n) is 9.28. The molecule has 4 heteroatoms. The molecule has 1 saturated heterocycles. The Balaban J connectivity index is 1.64. The molecule has 24 heavy (non-hydrogen) atoms. The largest absolute Gasteiger partial charge is 0.340 e. The van der Waals surface area contributed by atoms with E-state index >= 15 is 0 Å². The van der Waals surface area contributed by atoms with Gasteiger partial charge in [0.1, 0.15) is 0 Å². The van der Waals surface area contributed by atoms with E-state index in [0.29, 0.717) is 32.5 Å². The average Bonchev–Trinajstić information content (AvgIpc) is 3.43. The molecule has 0 radical (unpaired) electrons. The lowest BCUT2D eigenvalue weighted by molar-refractivity contribution is -0.133. The van der Waals surface area contributed by atoms with Crippen molar-refractivity contribution in [2.24, 2.45) is 5.92 Å². The molecule has 4 nitrogen and oxygen atoms in total. The van der Waals surface area contributed by atoms with E-state index in [2.05, 4.69) is 19.1 Å². The lowest BCUT2D eigenvalue weighted by Gasteiger charge is -2.31. The zero-order valence-electron chi connectivity index (χ0n) is 14.6. The van der Waals surface area contributed by atoms with Gasteiger partial charge in [0.05, 0.1) is 0 Å². The second-order valence-corrected chi connectivity index (χ2v) is 7.14. The van der Waals surface area contributed by atoms with Crippen molar-refractivity contribution in [2.45, 2.75) is 58.0 Å². The Bertz CT molecular complexity index is 568. The van der Waals surface area contributed by atoms with Crippen LogP contribution >= 0.6 is 0 Å². The predicted octanol–water partition coefficient (Wildman–Crippen LogP) is 3.22. The smallest absolute Gasteiger partial charge is 0.224 e. The van der Waals surface area contributed by atoms with Gasteiger partial charge in [-0.3, -0.25) is 9.59 Å². The van der Waals surface area contributed by atoms with Gasteiger partial charge in [-0.15, -0.1) is 0 Å². The molecule has 130 valence electrons. The standard InChI is InChI=1S/C20H28N2O2/c1-2-18-15-21(19(23)11-10-16-8-9-16)13-12-20(24)22(18)14-17-6-4-3-5-7-17/h3-7,16,18H,2,8-15H2,1H3/t18-/m1/s1. The van der Waals surface area contributed by atoms with Gasteiger partial charge in [-0.2, -0.15) is 0 Å². The zero-order chi connectivity index (χ0) is 16.9. The third-order valence-corrected chi connectivity index (χ3v) is 5.27. The molecule has 1 atom stereocenters. The topological polar surface area (TPSA) is 40.6 Å². The van der Waals surface area contributed by atoms with Crippen molar-refractivity contribution >= 4 is 11.8 Å². The van der Waals surface area contributed by atoms with E-state index in [9.17, 15) is 9.59 Å². The average molecular weight is 328 g/mol. The summed E-state index contributed by atoms with van der Waals surface area (Å²) in [5.41, 5.74) is 1.15. The first-order chi connectivity index (χ1) is 11.7. The molecule has 1 aliphatic carbocycles. The summed E-state index contributed by atoms with van der Waals surface area (Å²) in [7, 11) is 0. The van der Waals surface area contributed by atoms with Gasteiger partial charge in [-0.1, -0.05) is 50.1 Å². The van der Waals surface area contributed by atoms with E-state index in [1.165, 1.54) is 12.8 Å². The lowest BCUT2D eigenvalue weighted by atomic mass is 10.1. The van der Waals surface area contributed by atoms with Gasteiger partial charge in [0, 0.05) is 38.5 Å². The molecule has 0 N–H and O–H groups in total. The van der Waals surface area contributed by atoms with Gasteiger partial charge >= 0.3 is 0 Å². The first kappa shape index (κ1) is 17.0. The number of carbonyl (C=O) groups is 2. The molecule has 0 aromatic heterocycles. The maximum absolute atomic E-state index is 12.6. The van der Waals surface area contributed by atoms with E-state index in [1.54, 1.807) is 0 Å². The Labute approximate surface area is 144 Å². The molecule has 2 aliphatic rings. The molecule has 2 fully saturated rings. The van der Waals surface area contributed by atoms with Crippen LogP contribution in [0.2, 0.25) is 0 Å². The summed E-state index contributed by atoms with van der Waals surface area (Å²) in [5.74, 6) is 1.18. The SMILES string of the molecule is CC[C@@H]1CN(C(=O)CCC2CC2)CCC(=O)N1Cc1ccccc1. The second-order valence-electron chi connectivity index (χ2n) is 7.14. The van der Waals surface area contributed by atoms with Gasteiger partial charge in [0.25, 0.3) is 0 Å². The summed E-state index contributed by atoms with van der Waals surface area (Å²) >= 11 is 0. The molecule has 1 heterocycles. The summed E-state index contributed by atoms with van der Waals surface area (Å²) in [4.78, 5) is 29.0. The summed E-state index contributed by atoms with van der Waals surface area (Å²) in [6, 6.07) is 10.2.